The van der Waals surface area contributed by atoms with Gasteiger partial charge in [-0.2, -0.15) is 0 Å². The van der Waals surface area contributed by atoms with Crippen LogP contribution in [0.15, 0.2) is 53.0 Å². The molecule has 12 heteroatoms. The molecule has 5 amide bonds. The number of likely N-dealkylation sites (tertiary alicyclic amines) is 1. The van der Waals surface area contributed by atoms with Gasteiger partial charge in [0.2, 0.25) is 17.7 Å². The number of halogens is 1. The number of anilines is 2. The number of nitrogens with zero attached hydrogens (tertiary/aromatic N) is 1. The third-order valence-electron chi connectivity index (χ3n) is 7.30. The molecule has 1 aliphatic heterocycles. The molecule has 2 aromatic rings. The van der Waals surface area contributed by atoms with E-state index in [-0.39, 0.29) is 29.0 Å². The highest BCUT2D eigenvalue weighted by atomic mass is 79.9. The van der Waals surface area contributed by atoms with Gasteiger partial charge in [0.15, 0.2) is 0 Å². The Morgan fingerprint density at radius 2 is 1.57 bits per heavy atom. The first-order chi connectivity index (χ1) is 21.6. The van der Waals surface area contributed by atoms with Crippen molar-refractivity contribution >= 4 is 57.0 Å². The van der Waals surface area contributed by atoms with E-state index >= 15 is 0 Å². The Hall–Kier alpha value is -3.93. The quantitative estimate of drug-likeness (QED) is 0.236. The second-order valence-corrected chi connectivity index (χ2v) is 14.2. The first-order valence-electron chi connectivity index (χ1n) is 15.6. The van der Waals surface area contributed by atoms with Gasteiger partial charge in [0.05, 0.1) is 11.3 Å². The fraction of sp³-hybridized carbons (Fsp3) is 0.500. The van der Waals surface area contributed by atoms with Crippen LogP contribution in [0.4, 0.5) is 16.2 Å². The largest absolute Gasteiger partial charge is 0.444 e. The summed E-state index contributed by atoms with van der Waals surface area (Å²) in [6.07, 6.45) is 0.730. The van der Waals surface area contributed by atoms with E-state index in [1.54, 1.807) is 71.0 Å². The first-order valence-corrected chi connectivity index (χ1v) is 16.4. The Morgan fingerprint density at radius 3 is 2.17 bits per heavy atom. The number of carbonyl (C=O) groups is 5. The molecule has 46 heavy (non-hydrogen) atoms. The van der Waals surface area contributed by atoms with E-state index in [9.17, 15) is 24.0 Å². The Kier molecular flexibility index (Phi) is 12.8. The van der Waals surface area contributed by atoms with Crippen molar-refractivity contribution in [3.05, 3.63) is 58.6 Å². The van der Waals surface area contributed by atoms with Crippen LogP contribution in [-0.4, -0.2) is 64.9 Å². The van der Waals surface area contributed by atoms with Crippen molar-refractivity contribution in [1.82, 2.24) is 15.5 Å². The summed E-state index contributed by atoms with van der Waals surface area (Å²) >= 11 is 3.38. The van der Waals surface area contributed by atoms with Crippen molar-refractivity contribution in [3.8, 4) is 0 Å². The van der Waals surface area contributed by atoms with Gasteiger partial charge < -0.3 is 30.9 Å². The van der Waals surface area contributed by atoms with Crippen LogP contribution in [0.1, 0.15) is 78.1 Å². The Labute approximate surface area is 279 Å². The minimum Gasteiger partial charge on any atom is -0.444 e. The molecule has 1 aliphatic rings. The molecule has 0 aromatic heterocycles. The number of hydrogen-bond donors (Lipinski definition) is 4. The highest BCUT2D eigenvalue weighted by Gasteiger charge is 2.37. The van der Waals surface area contributed by atoms with E-state index in [1.165, 1.54) is 4.90 Å². The van der Waals surface area contributed by atoms with Crippen molar-refractivity contribution in [2.75, 3.05) is 17.2 Å². The van der Waals surface area contributed by atoms with Gasteiger partial charge in [0.25, 0.3) is 5.91 Å². The molecule has 0 aliphatic carbocycles. The third-order valence-corrected chi connectivity index (χ3v) is 7.83. The first kappa shape index (κ1) is 36.5. The Morgan fingerprint density at radius 1 is 0.913 bits per heavy atom. The topological polar surface area (TPSA) is 146 Å². The van der Waals surface area contributed by atoms with Crippen LogP contribution in [0, 0.1) is 11.8 Å². The maximum absolute atomic E-state index is 13.9. The van der Waals surface area contributed by atoms with Crippen molar-refractivity contribution in [2.24, 2.45) is 11.8 Å². The molecule has 3 rings (SSSR count). The fourth-order valence-electron chi connectivity index (χ4n) is 5.13. The second kappa shape index (κ2) is 16.1. The summed E-state index contributed by atoms with van der Waals surface area (Å²) in [5, 5.41) is 11.2. The minimum atomic E-state index is -0.926. The van der Waals surface area contributed by atoms with Crippen LogP contribution in [0.3, 0.4) is 0 Å². The van der Waals surface area contributed by atoms with Crippen LogP contribution < -0.4 is 21.3 Å². The molecule has 11 nitrogen and oxygen atoms in total. The molecule has 1 fully saturated rings. The number of alkyl carbamates (subject to hydrolysis) is 1. The lowest BCUT2D eigenvalue weighted by atomic mass is 10.0. The maximum atomic E-state index is 13.9. The van der Waals surface area contributed by atoms with Gasteiger partial charge in [-0.3, -0.25) is 19.2 Å². The summed E-state index contributed by atoms with van der Waals surface area (Å²) < 4.78 is 6.20. The third kappa shape index (κ3) is 10.6. The van der Waals surface area contributed by atoms with E-state index in [2.05, 4.69) is 37.2 Å². The highest BCUT2D eigenvalue weighted by molar-refractivity contribution is 9.10. The number of hydrogen-bond acceptors (Lipinski definition) is 6. The summed E-state index contributed by atoms with van der Waals surface area (Å²) in [6.45, 7) is 13.0. The lowest BCUT2D eigenvalue weighted by Crippen LogP contribution is -2.52. The molecular formula is C34H46BrN5O6. The number of benzene rings is 2. The number of para-hydroxylation sites is 1. The number of rotatable bonds is 11. The number of nitrogens with one attached hydrogen (secondary N) is 4. The van der Waals surface area contributed by atoms with Gasteiger partial charge in [-0.15, -0.1) is 0 Å². The van der Waals surface area contributed by atoms with Crippen molar-refractivity contribution in [2.45, 2.75) is 91.5 Å². The SMILES string of the molecule is CC(C)C[C@H](NC(=O)[C@@H]1CCCN1C(=O)c1ccccc1NC(=O)[C@H](NC(=O)OC(C)(C)C)C(C)C)C(=O)Nc1ccc(Br)cc1. The molecule has 0 saturated carbocycles. The highest BCUT2D eigenvalue weighted by Crippen LogP contribution is 2.25. The number of amides is 5. The molecule has 1 saturated heterocycles. The fourth-order valence-corrected chi connectivity index (χ4v) is 5.39. The van der Waals surface area contributed by atoms with Gasteiger partial charge in [0, 0.05) is 16.7 Å². The zero-order chi connectivity index (χ0) is 34.2. The summed E-state index contributed by atoms with van der Waals surface area (Å²) in [6, 6.07) is 11.2. The molecule has 1 heterocycles. The van der Waals surface area contributed by atoms with Gasteiger partial charge in [-0.25, -0.2) is 4.79 Å². The molecule has 250 valence electrons. The predicted octanol–water partition coefficient (Wildman–Crippen LogP) is 5.71. The van der Waals surface area contributed by atoms with Gasteiger partial charge >= 0.3 is 6.09 Å². The van der Waals surface area contributed by atoms with E-state index in [1.807, 2.05) is 26.0 Å². The molecule has 3 atom stereocenters. The van der Waals surface area contributed by atoms with E-state index in [0.29, 0.717) is 31.5 Å². The van der Waals surface area contributed by atoms with Crippen LogP contribution in [0.25, 0.3) is 0 Å². The number of ether oxygens (including phenoxy) is 1. The Bertz CT molecular complexity index is 1410. The molecule has 4 N–H and O–H groups in total. The minimum absolute atomic E-state index is 0.122. The maximum Gasteiger partial charge on any atom is 0.408 e. The number of carbonyl (C=O) groups excluding carboxylic acids is 5. The average Bonchev–Trinajstić information content (AvgIpc) is 3.45. The molecule has 0 bridgehead atoms. The lowest BCUT2D eigenvalue weighted by molar-refractivity contribution is -0.129. The molecule has 0 radical (unpaired) electrons. The summed E-state index contributed by atoms with van der Waals surface area (Å²) in [5.41, 5.74) is 0.333. The normalized spacial score (nSPS) is 16.0. The predicted molar refractivity (Wildman–Crippen MR) is 181 cm³/mol. The molecule has 0 unspecified atom stereocenters. The summed E-state index contributed by atoms with van der Waals surface area (Å²) in [5.74, 6) is -1.84. The zero-order valence-corrected chi connectivity index (χ0v) is 29.2. The van der Waals surface area contributed by atoms with Gasteiger partial charge in [-0.05, 0) is 88.3 Å². The van der Waals surface area contributed by atoms with Crippen LogP contribution >= 0.6 is 15.9 Å². The molecule has 2 aromatic carbocycles. The average molecular weight is 701 g/mol. The summed E-state index contributed by atoms with van der Waals surface area (Å²) in [7, 11) is 0. The van der Waals surface area contributed by atoms with E-state index in [0.717, 1.165) is 4.47 Å². The van der Waals surface area contributed by atoms with Gasteiger partial charge in [-0.1, -0.05) is 55.8 Å². The van der Waals surface area contributed by atoms with Crippen LogP contribution in [-0.2, 0) is 19.1 Å². The smallest absolute Gasteiger partial charge is 0.408 e. The monoisotopic (exact) mass is 699 g/mol. The van der Waals surface area contributed by atoms with Crippen LogP contribution in [0.5, 0.6) is 0 Å². The van der Waals surface area contributed by atoms with Gasteiger partial charge in [0.1, 0.15) is 23.7 Å². The Balaban J connectivity index is 1.75. The molecule has 0 spiro atoms. The second-order valence-electron chi connectivity index (χ2n) is 13.2. The molecular weight excluding hydrogens is 654 g/mol. The summed E-state index contributed by atoms with van der Waals surface area (Å²) in [4.78, 5) is 67.9. The van der Waals surface area contributed by atoms with Crippen molar-refractivity contribution in [3.63, 3.8) is 0 Å². The lowest BCUT2D eigenvalue weighted by Gasteiger charge is -2.28. The standard InChI is InChI=1S/C34H46BrN5O6/c1-20(2)19-26(29(41)36-23-16-14-22(35)15-17-23)38-30(42)27-13-10-18-40(27)32(44)24-11-8-9-12-25(24)37-31(43)28(21(3)4)39-33(45)46-34(5,6)7/h8-9,11-12,14-17,20-21,26-28H,10,13,18-19H2,1-7H3,(H,36,41)(H,37,43)(H,38,42)(H,39,45)/t26-,27-,28+/m0/s1. The van der Waals surface area contributed by atoms with E-state index < -0.39 is 47.5 Å². The van der Waals surface area contributed by atoms with Crippen molar-refractivity contribution in [1.29, 1.82) is 0 Å². The van der Waals surface area contributed by atoms with Crippen LogP contribution in [0.2, 0.25) is 0 Å². The van der Waals surface area contributed by atoms with E-state index in [4.69, 9.17) is 4.74 Å². The van der Waals surface area contributed by atoms with Crippen molar-refractivity contribution < 1.29 is 28.7 Å². The zero-order valence-electron chi connectivity index (χ0n) is 27.6.